The van der Waals surface area contributed by atoms with Crippen LogP contribution in [0.4, 0.5) is 0 Å². The summed E-state index contributed by atoms with van der Waals surface area (Å²) in [5, 5.41) is 8.34. The molecule has 0 atom stereocenters. The fourth-order valence-corrected chi connectivity index (χ4v) is 1.02. The van der Waals surface area contributed by atoms with Gasteiger partial charge in [-0.15, -0.1) is 0 Å². The molecule has 0 aliphatic heterocycles. The quantitative estimate of drug-likeness (QED) is 0.662. The fraction of sp³-hybridized carbons (Fsp3) is 0.273. The van der Waals surface area contributed by atoms with E-state index < -0.39 is 11.9 Å². The third kappa shape index (κ3) is 6.40. The number of hydrogen-bond donors (Lipinski definition) is 1. The molecule has 1 radical (unpaired) electrons. The number of ether oxygens (including phenoxy) is 1. The summed E-state index contributed by atoms with van der Waals surface area (Å²) in [5.74, 6) is -1.48. The maximum Gasteiger partial charge on any atom is 0.306 e. The molecule has 1 rings (SSSR count). The Balaban J connectivity index is 0.00000225. The number of carbonyl (C=O) groups is 2. The van der Waals surface area contributed by atoms with E-state index >= 15 is 0 Å². The summed E-state index contributed by atoms with van der Waals surface area (Å²) in [6.45, 7) is 0.194. The summed E-state index contributed by atoms with van der Waals surface area (Å²) >= 11 is 0. The number of hydrogen-bond acceptors (Lipinski definition) is 3. The molecule has 0 spiro atoms. The zero-order chi connectivity index (χ0) is 11.1. The standard InChI is InChI=1S/C11H12O4.Ag/c12-10(13)6-7-11(14)15-8-9-4-2-1-3-5-9;/h1-5H,6-8H2,(H,12,13);. The van der Waals surface area contributed by atoms with E-state index in [2.05, 4.69) is 0 Å². The monoisotopic (exact) mass is 315 g/mol. The molecule has 0 heterocycles. The van der Waals surface area contributed by atoms with Gasteiger partial charge in [-0.2, -0.15) is 0 Å². The van der Waals surface area contributed by atoms with E-state index in [-0.39, 0.29) is 41.8 Å². The Morgan fingerprint density at radius 2 is 1.75 bits per heavy atom. The number of carboxylic acid groups (broad SMARTS) is 1. The summed E-state index contributed by atoms with van der Waals surface area (Å²) in [6, 6.07) is 9.24. The second-order valence-corrected chi connectivity index (χ2v) is 3.04. The van der Waals surface area contributed by atoms with Crippen molar-refractivity contribution < 1.29 is 41.8 Å². The maximum atomic E-state index is 11.0. The molecule has 0 aliphatic carbocycles. The second kappa shape index (κ2) is 8.10. The van der Waals surface area contributed by atoms with Crippen LogP contribution in [0.15, 0.2) is 30.3 Å². The molecule has 4 nitrogen and oxygen atoms in total. The molecule has 1 aromatic carbocycles. The van der Waals surface area contributed by atoms with Crippen LogP contribution in [0.25, 0.3) is 0 Å². The Labute approximate surface area is 109 Å². The van der Waals surface area contributed by atoms with Gasteiger partial charge in [-0.3, -0.25) is 9.59 Å². The van der Waals surface area contributed by atoms with Gasteiger partial charge in [0.2, 0.25) is 0 Å². The van der Waals surface area contributed by atoms with E-state index in [1.165, 1.54) is 0 Å². The number of carbonyl (C=O) groups excluding carboxylic acids is 1. The zero-order valence-electron chi connectivity index (χ0n) is 8.48. The molecule has 0 bridgehead atoms. The number of carboxylic acids is 1. The van der Waals surface area contributed by atoms with Crippen molar-refractivity contribution in [3.8, 4) is 0 Å². The van der Waals surface area contributed by atoms with Crippen LogP contribution in [-0.4, -0.2) is 17.0 Å². The average molecular weight is 316 g/mol. The van der Waals surface area contributed by atoms with E-state index in [0.717, 1.165) is 5.56 Å². The Morgan fingerprint density at radius 1 is 1.12 bits per heavy atom. The van der Waals surface area contributed by atoms with Crippen molar-refractivity contribution >= 4 is 11.9 Å². The van der Waals surface area contributed by atoms with Gasteiger partial charge in [0.05, 0.1) is 12.8 Å². The van der Waals surface area contributed by atoms with Crippen molar-refractivity contribution in [3.05, 3.63) is 35.9 Å². The summed E-state index contributed by atoms with van der Waals surface area (Å²) in [5.41, 5.74) is 0.890. The molecule has 0 saturated heterocycles. The third-order valence-corrected chi connectivity index (χ3v) is 1.79. The fourth-order valence-electron chi connectivity index (χ4n) is 1.02. The van der Waals surface area contributed by atoms with Crippen molar-refractivity contribution in [2.75, 3.05) is 0 Å². The van der Waals surface area contributed by atoms with Crippen molar-refractivity contribution in [2.24, 2.45) is 0 Å². The van der Waals surface area contributed by atoms with Gasteiger partial charge in [0.15, 0.2) is 0 Å². The molecule has 0 saturated carbocycles. The zero-order valence-corrected chi connectivity index (χ0v) is 9.96. The number of benzene rings is 1. The van der Waals surface area contributed by atoms with Gasteiger partial charge >= 0.3 is 11.9 Å². The van der Waals surface area contributed by atoms with Crippen molar-refractivity contribution in [1.29, 1.82) is 0 Å². The predicted molar refractivity (Wildman–Crippen MR) is 53.1 cm³/mol. The van der Waals surface area contributed by atoms with E-state index in [4.69, 9.17) is 9.84 Å². The van der Waals surface area contributed by atoms with E-state index in [0.29, 0.717) is 0 Å². The van der Waals surface area contributed by atoms with Gasteiger partial charge in [-0.05, 0) is 5.56 Å². The van der Waals surface area contributed by atoms with Crippen molar-refractivity contribution in [3.63, 3.8) is 0 Å². The van der Waals surface area contributed by atoms with Crippen molar-refractivity contribution in [1.82, 2.24) is 0 Å². The molecular formula is C11H12AgO4. The SMILES string of the molecule is O=C(O)CCC(=O)OCc1ccccc1.[Ag]. The molecule has 16 heavy (non-hydrogen) atoms. The molecule has 0 aromatic heterocycles. The Kier molecular flexibility index (Phi) is 7.54. The first-order valence-corrected chi connectivity index (χ1v) is 4.60. The number of esters is 1. The van der Waals surface area contributed by atoms with Gasteiger partial charge in [-0.1, -0.05) is 30.3 Å². The molecule has 0 aliphatic rings. The Hall–Kier alpha value is -1.10. The molecular weight excluding hydrogens is 304 g/mol. The predicted octanol–water partition coefficient (Wildman–Crippen LogP) is 1.59. The Morgan fingerprint density at radius 3 is 2.31 bits per heavy atom. The average Bonchev–Trinajstić information content (AvgIpc) is 2.25. The van der Waals surface area contributed by atoms with E-state index in [1.807, 2.05) is 30.3 Å². The number of aliphatic carboxylic acids is 1. The summed E-state index contributed by atoms with van der Waals surface area (Å²) in [4.78, 5) is 21.2. The van der Waals surface area contributed by atoms with Crippen LogP contribution in [0, 0.1) is 0 Å². The van der Waals surface area contributed by atoms with Crippen LogP contribution < -0.4 is 0 Å². The first kappa shape index (κ1) is 14.9. The second-order valence-electron chi connectivity index (χ2n) is 3.04. The van der Waals surface area contributed by atoms with Gasteiger partial charge in [0.25, 0.3) is 0 Å². The summed E-state index contributed by atoms with van der Waals surface area (Å²) in [7, 11) is 0. The number of rotatable bonds is 5. The molecule has 0 amide bonds. The molecule has 1 aromatic rings. The van der Waals surface area contributed by atoms with Crippen LogP contribution in [0.1, 0.15) is 18.4 Å². The van der Waals surface area contributed by atoms with Crippen LogP contribution in [-0.2, 0) is 43.3 Å². The van der Waals surface area contributed by atoms with Crippen LogP contribution in [0.5, 0.6) is 0 Å². The van der Waals surface area contributed by atoms with E-state index in [9.17, 15) is 9.59 Å². The normalized spacial score (nSPS) is 9.00. The van der Waals surface area contributed by atoms with Gasteiger partial charge < -0.3 is 9.84 Å². The van der Waals surface area contributed by atoms with Gasteiger partial charge in [-0.25, -0.2) is 0 Å². The molecule has 0 unspecified atom stereocenters. The third-order valence-electron chi connectivity index (χ3n) is 1.79. The van der Waals surface area contributed by atoms with Crippen LogP contribution in [0.3, 0.4) is 0 Å². The van der Waals surface area contributed by atoms with Gasteiger partial charge in [0, 0.05) is 22.4 Å². The van der Waals surface area contributed by atoms with Gasteiger partial charge in [0.1, 0.15) is 6.61 Å². The molecule has 91 valence electrons. The minimum atomic E-state index is -0.994. The summed E-state index contributed by atoms with van der Waals surface area (Å²) < 4.78 is 4.88. The summed E-state index contributed by atoms with van der Waals surface area (Å²) in [6.07, 6.45) is -0.268. The molecule has 0 fully saturated rings. The molecule has 5 heteroatoms. The molecule has 1 N–H and O–H groups in total. The first-order chi connectivity index (χ1) is 7.18. The van der Waals surface area contributed by atoms with Crippen LogP contribution >= 0.6 is 0 Å². The Bertz CT molecular complexity index is 337. The maximum absolute atomic E-state index is 11.0. The minimum absolute atomic E-state index is 0. The first-order valence-electron chi connectivity index (χ1n) is 4.60. The largest absolute Gasteiger partial charge is 0.481 e. The van der Waals surface area contributed by atoms with E-state index in [1.54, 1.807) is 0 Å². The van der Waals surface area contributed by atoms with Crippen LogP contribution in [0.2, 0.25) is 0 Å². The minimum Gasteiger partial charge on any atom is -0.481 e. The smallest absolute Gasteiger partial charge is 0.306 e. The topological polar surface area (TPSA) is 63.6 Å². The van der Waals surface area contributed by atoms with Crippen molar-refractivity contribution in [2.45, 2.75) is 19.4 Å².